The van der Waals surface area contributed by atoms with Gasteiger partial charge in [-0.1, -0.05) is 26.0 Å². The normalized spacial score (nSPS) is 14.2. The highest BCUT2D eigenvalue weighted by atomic mass is 16.2. The molecule has 0 unspecified atom stereocenters. The van der Waals surface area contributed by atoms with Crippen LogP contribution in [-0.2, 0) is 22.6 Å². The lowest BCUT2D eigenvalue weighted by Gasteiger charge is -2.20. The van der Waals surface area contributed by atoms with Gasteiger partial charge in [0.2, 0.25) is 11.8 Å². The second-order valence-corrected chi connectivity index (χ2v) is 7.94. The summed E-state index contributed by atoms with van der Waals surface area (Å²) in [6.07, 6.45) is 2.48. The van der Waals surface area contributed by atoms with Crippen molar-refractivity contribution in [1.82, 2.24) is 9.78 Å². The van der Waals surface area contributed by atoms with Crippen molar-refractivity contribution < 1.29 is 9.59 Å². The molecule has 150 valence electrons. The first kappa shape index (κ1) is 20.1. The molecular weight excluding hydrogens is 352 g/mol. The maximum atomic E-state index is 12.6. The number of nitrogens with zero attached hydrogens (tertiary/aromatic N) is 3. The summed E-state index contributed by atoms with van der Waals surface area (Å²) in [6.45, 7) is 10.0. The Morgan fingerprint density at radius 2 is 2.00 bits per heavy atom. The molecule has 2 aromatic rings. The Morgan fingerprint density at radius 1 is 1.25 bits per heavy atom. The molecule has 6 nitrogen and oxygen atoms in total. The summed E-state index contributed by atoms with van der Waals surface area (Å²) in [5.41, 5.74) is 4.78. The molecule has 6 heteroatoms. The Morgan fingerprint density at radius 3 is 2.68 bits per heavy atom. The summed E-state index contributed by atoms with van der Waals surface area (Å²) in [7, 11) is 0. The van der Waals surface area contributed by atoms with Crippen molar-refractivity contribution in [2.24, 2.45) is 5.92 Å². The van der Waals surface area contributed by atoms with Gasteiger partial charge in [-0.25, -0.2) is 0 Å². The van der Waals surface area contributed by atoms with Crippen LogP contribution in [-0.4, -0.2) is 28.1 Å². The third-order valence-corrected chi connectivity index (χ3v) is 5.21. The van der Waals surface area contributed by atoms with Gasteiger partial charge in [-0.05, 0) is 50.3 Å². The molecule has 0 atom stereocenters. The minimum atomic E-state index is -0.0468. The second kappa shape index (κ2) is 8.59. The lowest BCUT2D eigenvalue weighted by molar-refractivity contribution is -0.117. The molecule has 1 aliphatic rings. The van der Waals surface area contributed by atoms with E-state index >= 15 is 0 Å². The van der Waals surface area contributed by atoms with E-state index in [-0.39, 0.29) is 11.8 Å². The number of para-hydroxylation sites is 2. The van der Waals surface area contributed by atoms with Crippen LogP contribution in [0.4, 0.5) is 11.4 Å². The molecule has 1 aliphatic heterocycles. The highest BCUT2D eigenvalue weighted by Gasteiger charge is 2.24. The fourth-order valence-electron chi connectivity index (χ4n) is 3.79. The van der Waals surface area contributed by atoms with Gasteiger partial charge in [-0.2, -0.15) is 5.10 Å². The van der Waals surface area contributed by atoms with E-state index in [0.717, 1.165) is 35.6 Å². The minimum absolute atomic E-state index is 0.0468. The van der Waals surface area contributed by atoms with Crippen molar-refractivity contribution in [3.63, 3.8) is 0 Å². The highest BCUT2D eigenvalue weighted by Crippen LogP contribution is 2.29. The van der Waals surface area contributed by atoms with E-state index in [1.54, 1.807) is 4.90 Å². The molecule has 1 aromatic carbocycles. The summed E-state index contributed by atoms with van der Waals surface area (Å²) < 4.78 is 2.04. The number of amides is 2. The number of nitrogens with one attached hydrogen (secondary N) is 1. The molecule has 0 radical (unpaired) electrons. The number of anilines is 2. The predicted octanol–water partition coefficient (Wildman–Crippen LogP) is 3.85. The highest BCUT2D eigenvalue weighted by molar-refractivity contribution is 6.02. The van der Waals surface area contributed by atoms with Gasteiger partial charge in [0.05, 0.1) is 17.1 Å². The lowest BCUT2D eigenvalue weighted by Crippen LogP contribution is -2.25. The Bertz CT molecular complexity index is 869. The first-order valence-electron chi connectivity index (χ1n) is 10.1. The third kappa shape index (κ3) is 4.43. The molecule has 0 aliphatic carbocycles. The van der Waals surface area contributed by atoms with Gasteiger partial charge in [0.15, 0.2) is 0 Å². The summed E-state index contributed by atoms with van der Waals surface area (Å²) >= 11 is 0. The van der Waals surface area contributed by atoms with Crippen LogP contribution in [0.15, 0.2) is 24.3 Å². The smallest absolute Gasteiger partial charge is 0.227 e. The molecule has 0 bridgehead atoms. The average molecular weight is 383 g/mol. The number of carbonyl (C=O) groups is 2. The van der Waals surface area contributed by atoms with E-state index in [1.807, 2.05) is 35.9 Å². The van der Waals surface area contributed by atoms with Crippen molar-refractivity contribution in [3.05, 3.63) is 41.2 Å². The fourth-order valence-corrected chi connectivity index (χ4v) is 3.79. The van der Waals surface area contributed by atoms with E-state index in [1.165, 1.54) is 0 Å². The molecule has 1 saturated heterocycles. The molecule has 1 N–H and O–H groups in total. The van der Waals surface area contributed by atoms with E-state index in [9.17, 15) is 9.59 Å². The van der Waals surface area contributed by atoms with Crippen molar-refractivity contribution in [2.45, 2.75) is 59.9 Å². The first-order chi connectivity index (χ1) is 13.4. The summed E-state index contributed by atoms with van der Waals surface area (Å²) in [4.78, 5) is 26.4. The van der Waals surface area contributed by atoms with Crippen molar-refractivity contribution >= 4 is 23.2 Å². The van der Waals surface area contributed by atoms with Crippen LogP contribution in [0.5, 0.6) is 0 Å². The maximum absolute atomic E-state index is 12.6. The molecule has 3 rings (SSSR count). The zero-order valence-corrected chi connectivity index (χ0v) is 17.3. The third-order valence-electron chi connectivity index (χ3n) is 5.21. The van der Waals surface area contributed by atoms with E-state index in [4.69, 9.17) is 0 Å². The molecule has 2 heterocycles. The number of hydrogen-bond donors (Lipinski definition) is 1. The van der Waals surface area contributed by atoms with E-state index < -0.39 is 0 Å². The van der Waals surface area contributed by atoms with Crippen LogP contribution in [0.1, 0.15) is 50.1 Å². The van der Waals surface area contributed by atoms with Gasteiger partial charge >= 0.3 is 0 Å². The molecule has 1 fully saturated rings. The maximum Gasteiger partial charge on any atom is 0.227 e. The SMILES string of the molecule is Cc1nn(CC(C)C)c(C)c1CCC(=O)Nc1ccccc1N1CCCC1=O. The van der Waals surface area contributed by atoms with Crippen LogP contribution < -0.4 is 10.2 Å². The predicted molar refractivity (Wildman–Crippen MR) is 112 cm³/mol. The van der Waals surface area contributed by atoms with Crippen LogP contribution in [0.3, 0.4) is 0 Å². The van der Waals surface area contributed by atoms with Gasteiger partial charge in [0.1, 0.15) is 0 Å². The van der Waals surface area contributed by atoms with Crippen molar-refractivity contribution in [2.75, 3.05) is 16.8 Å². The van der Waals surface area contributed by atoms with Gasteiger partial charge in [0.25, 0.3) is 0 Å². The molecule has 2 amide bonds. The van der Waals surface area contributed by atoms with Gasteiger partial charge in [-0.3, -0.25) is 14.3 Å². The van der Waals surface area contributed by atoms with Crippen LogP contribution in [0.2, 0.25) is 0 Å². The van der Waals surface area contributed by atoms with Crippen LogP contribution in [0, 0.1) is 19.8 Å². The summed E-state index contributed by atoms with van der Waals surface area (Å²) in [6, 6.07) is 7.52. The summed E-state index contributed by atoms with van der Waals surface area (Å²) in [5.74, 6) is 0.596. The molecule has 1 aromatic heterocycles. The second-order valence-electron chi connectivity index (χ2n) is 7.94. The Hall–Kier alpha value is -2.63. The lowest BCUT2D eigenvalue weighted by atomic mass is 10.1. The Labute approximate surface area is 166 Å². The largest absolute Gasteiger partial charge is 0.324 e. The van der Waals surface area contributed by atoms with Crippen LogP contribution in [0.25, 0.3) is 0 Å². The average Bonchev–Trinajstić information content (AvgIpc) is 3.17. The standard InChI is InChI=1S/C22H30N4O2/c1-15(2)14-26-17(4)18(16(3)24-26)11-12-21(27)23-19-8-5-6-9-20(19)25-13-7-10-22(25)28/h5-6,8-9,15H,7,10-14H2,1-4H3,(H,23,27). The quantitative estimate of drug-likeness (QED) is 0.791. The van der Waals surface area contributed by atoms with E-state index in [2.05, 4.69) is 31.2 Å². The molecule has 0 spiro atoms. The zero-order valence-electron chi connectivity index (χ0n) is 17.3. The van der Waals surface area contributed by atoms with E-state index in [0.29, 0.717) is 37.4 Å². The van der Waals surface area contributed by atoms with Gasteiger partial charge in [0, 0.05) is 31.6 Å². The number of benzene rings is 1. The number of rotatable bonds is 7. The number of aryl methyl sites for hydroxylation is 1. The van der Waals surface area contributed by atoms with Crippen molar-refractivity contribution in [3.8, 4) is 0 Å². The molecular formula is C22H30N4O2. The minimum Gasteiger partial charge on any atom is -0.324 e. The molecule has 28 heavy (non-hydrogen) atoms. The monoisotopic (exact) mass is 382 g/mol. The number of hydrogen-bond acceptors (Lipinski definition) is 3. The fraction of sp³-hybridized carbons (Fsp3) is 0.500. The Balaban J connectivity index is 1.66. The topological polar surface area (TPSA) is 67.2 Å². The Kier molecular flexibility index (Phi) is 6.17. The summed E-state index contributed by atoms with van der Waals surface area (Å²) in [5, 5.41) is 7.62. The van der Waals surface area contributed by atoms with Gasteiger partial charge < -0.3 is 10.2 Å². The first-order valence-corrected chi connectivity index (χ1v) is 10.1. The number of aromatic nitrogens is 2. The zero-order chi connectivity index (χ0) is 20.3. The van der Waals surface area contributed by atoms with Crippen LogP contribution >= 0.6 is 0 Å². The van der Waals surface area contributed by atoms with Crippen molar-refractivity contribution in [1.29, 1.82) is 0 Å². The van der Waals surface area contributed by atoms with Gasteiger partial charge in [-0.15, -0.1) is 0 Å². The molecule has 0 saturated carbocycles. The number of carbonyl (C=O) groups excluding carboxylic acids is 2.